The summed E-state index contributed by atoms with van der Waals surface area (Å²) in [5, 5.41) is 0. The maximum atomic E-state index is 12.9. The van der Waals surface area contributed by atoms with E-state index in [2.05, 4.69) is 4.90 Å². The third-order valence-corrected chi connectivity index (χ3v) is 6.44. The van der Waals surface area contributed by atoms with E-state index in [1.807, 2.05) is 42.2 Å². The normalized spacial score (nSPS) is 23.0. The number of rotatable bonds is 8. The molecule has 1 amide bonds. The van der Waals surface area contributed by atoms with Crippen LogP contribution in [0.15, 0.2) is 30.3 Å². The van der Waals surface area contributed by atoms with Crippen LogP contribution in [0.2, 0.25) is 0 Å². The van der Waals surface area contributed by atoms with Crippen molar-refractivity contribution < 1.29 is 14.3 Å². The molecule has 5 nitrogen and oxygen atoms in total. The Hall–Kier alpha value is -1.88. The van der Waals surface area contributed by atoms with Gasteiger partial charge in [-0.1, -0.05) is 36.8 Å². The molecule has 3 rings (SSSR count). The Balaban J connectivity index is 1.58. The number of hydrogen-bond donors (Lipinski definition) is 0. The predicted molar refractivity (Wildman–Crippen MR) is 114 cm³/mol. The first-order chi connectivity index (χ1) is 14.2. The van der Waals surface area contributed by atoms with E-state index >= 15 is 0 Å². The lowest BCUT2D eigenvalue weighted by molar-refractivity contribution is -0.145. The van der Waals surface area contributed by atoms with Gasteiger partial charge >= 0.3 is 5.97 Å². The fraction of sp³-hybridized carbons (Fsp3) is 0.667. The third kappa shape index (κ3) is 6.84. The van der Waals surface area contributed by atoms with Crippen LogP contribution in [0.4, 0.5) is 0 Å². The van der Waals surface area contributed by atoms with Gasteiger partial charge in [0.25, 0.3) is 0 Å². The largest absolute Gasteiger partial charge is 0.466 e. The monoisotopic (exact) mass is 400 g/mol. The lowest BCUT2D eigenvalue weighted by Crippen LogP contribution is -2.46. The Morgan fingerprint density at radius 2 is 1.79 bits per heavy atom. The first-order valence-corrected chi connectivity index (χ1v) is 11.4. The second kappa shape index (κ2) is 11.3. The Labute approximate surface area is 175 Å². The lowest BCUT2D eigenvalue weighted by Gasteiger charge is -2.39. The summed E-state index contributed by atoms with van der Waals surface area (Å²) >= 11 is 0. The van der Waals surface area contributed by atoms with Crippen LogP contribution < -0.4 is 0 Å². The number of esters is 1. The number of ether oxygens (including phenoxy) is 1. The van der Waals surface area contributed by atoms with Crippen LogP contribution in [0, 0.1) is 11.8 Å². The van der Waals surface area contributed by atoms with Gasteiger partial charge in [0.05, 0.1) is 13.0 Å². The fourth-order valence-corrected chi connectivity index (χ4v) is 4.75. The molecule has 5 heteroatoms. The zero-order valence-corrected chi connectivity index (χ0v) is 17.9. The van der Waals surface area contributed by atoms with Crippen LogP contribution in [-0.2, 0) is 20.7 Å². The van der Waals surface area contributed by atoms with Crippen LogP contribution in [0.1, 0.15) is 51.0 Å². The van der Waals surface area contributed by atoms with Gasteiger partial charge in [0.1, 0.15) is 0 Å². The standard InChI is InChI=1S/C24H36N2O3/c1-2-29-24(28)18-21-12-16-26(23(27)17-20-9-5-3-6-10-20)19-22(21)11-15-25-13-7-4-8-14-25/h3,5-6,9-10,21-22H,2,4,7-8,11-19H2,1H3/t21-,22+/m1/s1. The minimum atomic E-state index is -0.0930. The van der Waals surface area contributed by atoms with E-state index in [1.165, 1.54) is 32.4 Å². The highest BCUT2D eigenvalue weighted by molar-refractivity contribution is 5.79. The van der Waals surface area contributed by atoms with E-state index in [4.69, 9.17) is 4.74 Å². The highest BCUT2D eigenvalue weighted by Gasteiger charge is 2.33. The Kier molecular flexibility index (Phi) is 8.53. The van der Waals surface area contributed by atoms with Crippen LogP contribution in [0.3, 0.4) is 0 Å². The maximum Gasteiger partial charge on any atom is 0.306 e. The molecule has 2 heterocycles. The molecule has 0 unspecified atom stereocenters. The van der Waals surface area contributed by atoms with Gasteiger partial charge < -0.3 is 14.5 Å². The van der Waals surface area contributed by atoms with Crippen molar-refractivity contribution in [1.29, 1.82) is 0 Å². The van der Waals surface area contributed by atoms with Gasteiger partial charge in [0, 0.05) is 19.5 Å². The van der Waals surface area contributed by atoms with E-state index in [1.54, 1.807) is 0 Å². The second-order valence-electron chi connectivity index (χ2n) is 8.51. The molecular weight excluding hydrogens is 364 g/mol. The first kappa shape index (κ1) is 21.8. The minimum absolute atomic E-state index is 0.0930. The lowest BCUT2D eigenvalue weighted by atomic mass is 9.80. The smallest absolute Gasteiger partial charge is 0.306 e. The molecule has 160 valence electrons. The van der Waals surface area contributed by atoms with Crippen molar-refractivity contribution in [2.24, 2.45) is 11.8 Å². The van der Waals surface area contributed by atoms with Gasteiger partial charge in [-0.15, -0.1) is 0 Å². The fourth-order valence-electron chi connectivity index (χ4n) is 4.75. The summed E-state index contributed by atoms with van der Waals surface area (Å²) < 4.78 is 5.21. The van der Waals surface area contributed by atoms with Crippen LogP contribution in [0.25, 0.3) is 0 Å². The molecule has 1 aromatic carbocycles. The van der Waals surface area contributed by atoms with E-state index in [-0.39, 0.29) is 11.9 Å². The minimum Gasteiger partial charge on any atom is -0.466 e. The van der Waals surface area contributed by atoms with E-state index < -0.39 is 0 Å². The SMILES string of the molecule is CCOC(=O)C[C@H]1CCN(C(=O)Cc2ccccc2)C[C@@H]1CCN1CCCCC1. The summed E-state index contributed by atoms with van der Waals surface area (Å²) in [6.45, 7) is 7.25. The van der Waals surface area contributed by atoms with Gasteiger partial charge in [-0.3, -0.25) is 9.59 Å². The summed E-state index contributed by atoms with van der Waals surface area (Å²) in [4.78, 5) is 29.6. The van der Waals surface area contributed by atoms with Crippen molar-refractivity contribution in [1.82, 2.24) is 9.80 Å². The number of likely N-dealkylation sites (tertiary alicyclic amines) is 2. The summed E-state index contributed by atoms with van der Waals surface area (Å²) in [6, 6.07) is 9.97. The van der Waals surface area contributed by atoms with E-state index in [0.717, 1.165) is 38.0 Å². The Bertz CT molecular complexity index is 643. The Morgan fingerprint density at radius 3 is 2.52 bits per heavy atom. The van der Waals surface area contributed by atoms with Crippen molar-refractivity contribution in [2.75, 3.05) is 39.3 Å². The molecule has 0 aliphatic carbocycles. The van der Waals surface area contributed by atoms with Gasteiger partial charge in [0.15, 0.2) is 0 Å². The molecule has 0 N–H and O–H groups in total. The van der Waals surface area contributed by atoms with Crippen LogP contribution in [-0.4, -0.2) is 61.0 Å². The maximum absolute atomic E-state index is 12.9. The molecule has 2 saturated heterocycles. The number of nitrogens with zero attached hydrogens (tertiary/aromatic N) is 2. The predicted octanol–water partition coefficient (Wildman–Crippen LogP) is 3.52. The summed E-state index contributed by atoms with van der Waals surface area (Å²) in [7, 11) is 0. The van der Waals surface area contributed by atoms with Crippen LogP contribution >= 0.6 is 0 Å². The molecule has 2 atom stereocenters. The average molecular weight is 401 g/mol. The summed E-state index contributed by atoms with van der Waals surface area (Å²) in [6.07, 6.45) is 6.81. The van der Waals surface area contributed by atoms with E-state index in [9.17, 15) is 9.59 Å². The van der Waals surface area contributed by atoms with Gasteiger partial charge in [0.2, 0.25) is 5.91 Å². The zero-order chi connectivity index (χ0) is 20.5. The van der Waals surface area contributed by atoms with Gasteiger partial charge in [-0.05, 0) is 69.6 Å². The van der Waals surface area contributed by atoms with E-state index in [0.29, 0.717) is 31.3 Å². The molecule has 29 heavy (non-hydrogen) atoms. The van der Waals surface area contributed by atoms with Crippen molar-refractivity contribution in [2.45, 2.75) is 51.9 Å². The molecule has 0 radical (unpaired) electrons. The molecule has 1 aromatic rings. The quantitative estimate of drug-likeness (QED) is 0.627. The highest BCUT2D eigenvalue weighted by atomic mass is 16.5. The highest BCUT2D eigenvalue weighted by Crippen LogP contribution is 2.30. The number of benzene rings is 1. The third-order valence-electron chi connectivity index (χ3n) is 6.44. The molecular formula is C24H36N2O3. The molecule has 2 fully saturated rings. The molecule has 0 bridgehead atoms. The summed E-state index contributed by atoms with van der Waals surface area (Å²) in [5.74, 6) is 0.799. The van der Waals surface area contributed by atoms with Crippen LogP contribution in [0.5, 0.6) is 0 Å². The number of piperidine rings is 2. The molecule has 0 spiro atoms. The molecule has 0 saturated carbocycles. The average Bonchev–Trinajstić information content (AvgIpc) is 2.74. The Morgan fingerprint density at radius 1 is 1.03 bits per heavy atom. The number of amides is 1. The molecule has 2 aliphatic heterocycles. The van der Waals surface area contributed by atoms with Crippen molar-refractivity contribution >= 4 is 11.9 Å². The van der Waals surface area contributed by atoms with Gasteiger partial charge in [-0.2, -0.15) is 0 Å². The topological polar surface area (TPSA) is 49.9 Å². The second-order valence-corrected chi connectivity index (χ2v) is 8.51. The first-order valence-electron chi connectivity index (χ1n) is 11.4. The molecule has 0 aromatic heterocycles. The number of carbonyl (C=O) groups is 2. The summed E-state index contributed by atoms with van der Waals surface area (Å²) in [5.41, 5.74) is 1.07. The number of hydrogen-bond acceptors (Lipinski definition) is 4. The van der Waals surface area contributed by atoms with Crippen molar-refractivity contribution in [3.63, 3.8) is 0 Å². The van der Waals surface area contributed by atoms with Gasteiger partial charge in [-0.25, -0.2) is 0 Å². The van der Waals surface area contributed by atoms with Crippen molar-refractivity contribution in [3.05, 3.63) is 35.9 Å². The van der Waals surface area contributed by atoms with Crippen molar-refractivity contribution in [3.8, 4) is 0 Å². The molecule has 2 aliphatic rings. The number of carbonyl (C=O) groups excluding carboxylic acids is 2. The zero-order valence-electron chi connectivity index (χ0n) is 17.9.